The van der Waals surface area contributed by atoms with Crippen molar-refractivity contribution in [3.8, 4) is 5.75 Å². The van der Waals surface area contributed by atoms with E-state index in [0.29, 0.717) is 23.6 Å². The van der Waals surface area contributed by atoms with Gasteiger partial charge in [-0.15, -0.1) is 0 Å². The Labute approximate surface area is 154 Å². The number of hydrogen-bond acceptors (Lipinski definition) is 4. The minimum absolute atomic E-state index is 0.110. The first-order valence-corrected chi connectivity index (χ1v) is 9.52. The van der Waals surface area contributed by atoms with Crippen molar-refractivity contribution in [3.63, 3.8) is 0 Å². The summed E-state index contributed by atoms with van der Waals surface area (Å²) in [5.74, 6) is -0.583. The average Bonchev–Trinajstić information content (AvgIpc) is 2.63. The van der Waals surface area contributed by atoms with Crippen molar-refractivity contribution in [1.29, 1.82) is 0 Å². The number of ether oxygens (including phenoxy) is 1. The first-order chi connectivity index (χ1) is 12.4. The molecule has 0 saturated heterocycles. The minimum atomic E-state index is -1.48. The van der Waals surface area contributed by atoms with E-state index in [1.807, 2.05) is 6.92 Å². The maximum absolute atomic E-state index is 12.4. The molecule has 2 unspecified atom stereocenters. The molecule has 0 fully saturated rings. The number of amides is 1. The lowest BCUT2D eigenvalue weighted by Crippen LogP contribution is -2.29. The van der Waals surface area contributed by atoms with Crippen molar-refractivity contribution in [1.82, 2.24) is 0 Å². The summed E-state index contributed by atoms with van der Waals surface area (Å²) in [6.45, 7) is 4.03. The van der Waals surface area contributed by atoms with Crippen LogP contribution in [0.3, 0.4) is 0 Å². The molecule has 2 aromatic carbocycles. The molecule has 26 heavy (non-hydrogen) atoms. The smallest absolute Gasteiger partial charge is 0.335 e. The van der Waals surface area contributed by atoms with Crippen LogP contribution in [-0.2, 0) is 21.3 Å². The van der Waals surface area contributed by atoms with Crippen LogP contribution in [0.25, 0.3) is 0 Å². The Balaban J connectivity index is 1.97. The van der Waals surface area contributed by atoms with Crippen LogP contribution in [0.15, 0.2) is 48.5 Å². The first-order valence-electron chi connectivity index (χ1n) is 8.14. The van der Waals surface area contributed by atoms with Crippen LogP contribution < -0.4 is 10.1 Å². The molecule has 138 valence electrons. The fraction of sp³-hybridized carbons (Fsp3) is 0.263. The molecule has 0 aliphatic carbocycles. The maximum Gasteiger partial charge on any atom is 0.335 e. The number of nitrogens with one attached hydrogen (secondary N) is 1. The Kier molecular flexibility index (Phi) is 6.91. The van der Waals surface area contributed by atoms with Crippen LogP contribution in [0.2, 0.25) is 0 Å². The summed E-state index contributed by atoms with van der Waals surface area (Å²) in [5, 5.41) is 11.0. The number of aromatic carboxylic acids is 1. The number of rotatable bonds is 8. The minimum Gasteiger partial charge on any atom is -0.494 e. The summed E-state index contributed by atoms with van der Waals surface area (Å²) in [7, 11) is -1.48. The van der Waals surface area contributed by atoms with Crippen molar-refractivity contribution in [2.45, 2.75) is 24.9 Å². The summed E-state index contributed by atoms with van der Waals surface area (Å²) >= 11 is 0. The van der Waals surface area contributed by atoms with Crippen molar-refractivity contribution in [3.05, 3.63) is 59.7 Å². The molecule has 0 bridgehead atoms. The molecule has 0 radical (unpaired) electrons. The fourth-order valence-corrected chi connectivity index (χ4v) is 3.30. The van der Waals surface area contributed by atoms with Gasteiger partial charge in [-0.2, -0.15) is 0 Å². The molecule has 0 saturated carbocycles. The summed E-state index contributed by atoms with van der Waals surface area (Å²) in [6, 6.07) is 13.2. The first kappa shape index (κ1) is 19.7. The summed E-state index contributed by atoms with van der Waals surface area (Å²) in [5.41, 5.74) is 1.34. The van der Waals surface area contributed by atoms with Gasteiger partial charge in [0.05, 0.1) is 12.2 Å². The highest BCUT2D eigenvalue weighted by atomic mass is 32.2. The zero-order valence-corrected chi connectivity index (χ0v) is 15.4. The molecular weight excluding hydrogens is 354 g/mol. The maximum atomic E-state index is 12.4. The van der Waals surface area contributed by atoms with Crippen LogP contribution in [0.4, 0.5) is 5.69 Å². The van der Waals surface area contributed by atoms with Gasteiger partial charge in [-0.3, -0.25) is 9.00 Å². The highest BCUT2D eigenvalue weighted by molar-refractivity contribution is 7.85. The van der Waals surface area contributed by atoms with Crippen molar-refractivity contribution < 1.29 is 23.6 Å². The van der Waals surface area contributed by atoms with E-state index in [1.54, 1.807) is 43.3 Å². The van der Waals surface area contributed by atoms with E-state index < -0.39 is 22.0 Å². The highest BCUT2D eigenvalue weighted by Crippen LogP contribution is 2.17. The van der Waals surface area contributed by atoms with E-state index >= 15 is 0 Å². The van der Waals surface area contributed by atoms with E-state index in [1.165, 1.54) is 12.1 Å². The molecule has 1 amide bonds. The summed E-state index contributed by atoms with van der Waals surface area (Å²) in [6.07, 6.45) is 0. The third kappa shape index (κ3) is 5.42. The Bertz CT molecular complexity index is 804. The molecule has 0 spiro atoms. The van der Waals surface area contributed by atoms with Gasteiger partial charge in [0.1, 0.15) is 11.0 Å². The number of carbonyl (C=O) groups excluding carboxylic acids is 1. The van der Waals surface area contributed by atoms with Gasteiger partial charge in [-0.1, -0.05) is 12.1 Å². The molecular formula is C19H21NO5S. The number of anilines is 1. The van der Waals surface area contributed by atoms with E-state index in [9.17, 15) is 13.8 Å². The molecule has 2 atom stereocenters. The number of carbonyl (C=O) groups is 2. The molecule has 0 aliphatic heterocycles. The number of carboxylic acid groups (broad SMARTS) is 1. The van der Waals surface area contributed by atoms with Crippen molar-refractivity contribution in [2.24, 2.45) is 0 Å². The SMILES string of the molecule is CCOc1ccc(NC(=O)C(C)S(=O)Cc2cccc(C(=O)O)c2)cc1. The number of hydrogen-bond donors (Lipinski definition) is 2. The number of carboxylic acids is 1. The van der Waals surface area contributed by atoms with Crippen LogP contribution in [0, 0.1) is 0 Å². The highest BCUT2D eigenvalue weighted by Gasteiger charge is 2.20. The summed E-state index contributed by atoms with van der Waals surface area (Å²) < 4.78 is 17.8. The average molecular weight is 375 g/mol. The molecule has 0 heterocycles. The van der Waals surface area contributed by atoms with E-state index in [0.717, 1.165) is 0 Å². The van der Waals surface area contributed by atoms with Crippen molar-refractivity contribution >= 4 is 28.4 Å². The monoisotopic (exact) mass is 375 g/mol. The largest absolute Gasteiger partial charge is 0.494 e. The van der Waals surface area contributed by atoms with Gasteiger partial charge in [-0.05, 0) is 55.8 Å². The molecule has 2 rings (SSSR count). The third-order valence-electron chi connectivity index (χ3n) is 3.68. The van der Waals surface area contributed by atoms with Gasteiger partial charge in [0.25, 0.3) is 0 Å². The predicted octanol–water partition coefficient (Wildman–Crippen LogP) is 3.06. The van der Waals surface area contributed by atoms with E-state index in [2.05, 4.69) is 5.32 Å². The van der Waals surface area contributed by atoms with E-state index in [-0.39, 0.29) is 17.2 Å². The Morgan fingerprint density at radius 3 is 2.50 bits per heavy atom. The Hall–Kier alpha value is -2.67. The van der Waals surface area contributed by atoms with Gasteiger partial charge < -0.3 is 15.2 Å². The molecule has 7 heteroatoms. The lowest BCUT2D eigenvalue weighted by molar-refractivity contribution is -0.115. The zero-order chi connectivity index (χ0) is 19.1. The topological polar surface area (TPSA) is 92.7 Å². The van der Waals surface area contributed by atoms with Crippen LogP contribution in [-0.4, -0.2) is 33.0 Å². The molecule has 6 nitrogen and oxygen atoms in total. The second kappa shape index (κ2) is 9.15. The van der Waals surface area contributed by atoms with Crippen molar-refractivity contribution in [2.75, 3.05) is 11.9 Å². The molecule has 2 aromatic rings. The normalized spacial score (nSPS) is 12.8. The van der Waals surface area contributed by atoms with Gasteiger partial charge in [-0.25, -0.2) is 4.79 Å². The van der Waals surface area contributed by atoms with Crippen LogP contribution >= 0.6 is 0 Å². The summed E-state index contributed by atoms with van der Waals surface area (Å²) in [4.78, 5) is 23.3. The second-order valence-electron chi connectivity index (χ2n) is 5.62. The predicted molar refractivity (Wildman–Crippen MR) is 101 cm³/mol. The van der Waals surface area contributed by atoms with E-state index in [4.69, 9.17) is 9.84 Å². The Morgan fingerprint density at radius 1 is 1.19 bits per heavy atom. The quantitative estimate of drug-likeness (QED) is 0.740. The van der Waals surface area contributed by atoms with Gasteiger partial charge in [0, 0.05) is 22.2 Å². The second-order valence-corrected chi connectivity index (χ2v) is 7.38. The van der Waals surface area contributed by atoms with Gasteiger partial charge in [0.15, 0.2) is 0 Å². The van der Waals surface area contributed by atoms with Gasteiger partial charge in [0.2, 0.25) is 5.91 Å². The molecule has 0 aliphatic rings. The molecule has 2 N–H and O–H groups in total. The zero-order valence-electron chi connectivity index (χ0n) is 14.6. The third-order valence-corrected chi connectivity index (χ3v) is 5.30. The van der Waals surface area contributed by atoms with Crippen LogP contribution in [0.5, 0.6) is 5.75 Å². The van der Waals surface area contributed by atoms with Crippen LogP contribution in [0.1, 0.15) is 29.8 Å². The number of benzene rings is 2. The lowest BCUT2D eigenvalue weighted by atomic mass is 10.1. The van der Waals surface area contributed by atoms with Gasteiger partial charge >= 0.3 is 5.97 Å². The lowest BCUT2D eigenvalue weighted by Gasteiger charge is -2.13. The molecule has 0 aromatic heterocycles. The Morgan fingerprint density at radius 2 is 1.88 bits per heavy atom. The fourth-order valence-electron chi connectivity index (χ4n) is 2.25. The standard InChI is InChI=1S/C19H21NO5S/c1-3-25-17-9-7-16(8-10-17)20-18(21)13(2)26(24)12-14-5-4-6-15(11-14)19(22)23/h4-11,13H,3,12H2,1-2H3,(H,20,21)(H,22,23).